The van der Waals surface area contributed by atoms with Crippen molar-refractivity contribution in [2.24, 2.45) is 5.16 Å². The Morgan fingerprint density at radius 1 is 1.06 bits per heavy atom. The molecule has 0 unspecified atom stereocenters. The standard InChI is InChI=1S/C16H14NO/c1-2-14-8-10-16(11-9-14)13-18-17-12-15-6-4-3-5-7-15/h2-11H,1,13H2. The Morgan fingerprint density at radius 2 is 1.78 bits per heavy atom. The molecule has 0 saturated carbocycles. The Morgan fingerprint density at radius 3 is 2.44 bits per heavy atom. The summed E-state index contributed by atoms with van der Waals surface area (Å²) in [5.74, 6) is 0. The summed E-state index contributed by atoms with van der Waals surface area (Å²) < 4.78 is 0. The fraction of sp³-hybridized carbons (Fsp3) is 0.0625. The van der Waals surface area contributed by atoms with E-state index in [-0.39, 0.29) is 0 Å². The topological polar surface area (TPSA) is 21.6 Å². The summed E-state index contributed by atoms with van der Waals surface area (Å²) in [5, 5.41) is 3.81. The molecule has 0 aliphatic rings. The molecule has 0 atom stereocenters. The molecule has 0 bridgehead atoms. The molecule has 0 spiro atoms. The lowest BCUT2D eigenvalue weighted by Gasteiger charge is -2.00. The average molecular weight is 236 g/mol. The molecule has 1 radical (unpaired) electrons. The summed E-state index contributed by atoms with van der Waals surface area (Å²) in [6.07, 6.45) is 4.64. The Labute approximate surface area is 107 Å². The van der Waals surface area contributed by atoms with E-state index >= 15 is 0 Å². The number of hydrogen-bond donors (Lipinski definition) is 0. The molecular weight excluding hydrogens is 222 g/mol. The molecule has 0 aliphatic heterocycles. The van der Waals surface area contributed by atoms with E-state index in [4.69, 9.17) is 4.84 Å². The van der Waals surface area contributed by atoms with Gasteiger partial charge in [-0.15, -0.1) is 0 Å². The quantitative estimate of drug-likeness (QED) is 0.572. The zero-order chi connectivity index (χ0) is 12.6. The van der Waals surface area contributed by atoms with Gasteiger partial charge >= 0.3 is 0 Å². The first-order valence-electron chi connectivity index (χ1n) is 5.73. The second kappa shape index (κ2) is 6.40. The zero-order valence-electron chi connectivity index (χ0n) is 10.0. The first-order valence-corrected chi connectivity index (χ1v) is 5.73. The van der Waals surface area contributed by atoms with Gasteiger partial charge in [-0.1, -0.05) is 72.4 Å². The molecule has 0 aromatic heterocycles. The van der Waals surface area contributed by atoms with Gasteiger partial charge in [0.25, 0.3) is 0 Å². The first-order chi connectivity index (χ1) is 8.88. The summed E-state index contributed by atoms with van der Waals surface area (Å²) in [7, 11) is 0. The second-order valence-corrected chi connectivity index (χ2v) is 3.79. The van der Waals surface area contributed by atoms with Crippen molar-refractivity contribution in [3.63, 3.8) is 0 Å². The van der Waals surface area contributed by atoms with Crippen LogP contribution in [0.2, 0.25) is 0 Å². The van der Waals surface area contributed by atoms with Crippen molar-refractivity contribution in [1.82, 2.24) is 0 Å². The van der Waals surface area contributed by atoms with E-state index < -0.39 is 0 Å². The van der Waals surface area contributed by atoms with Crippen molar-refractivity contribution in [1.29, 1.82) is 0 Å². The van der Waals surface area contributed by atoms with E-state index in [1.165, 1.54) is 0 Å². The van der Waals surface area contributed by atoms with Gasteiger partial charge in [-0.05, 0) is 11.1 Å². The molecule has 0 saturated heterocycles. The van der Waals surface area contributed by atoms with Gasteiger partial charge in [-0.25, -0.2) is 0 Å². The van der Waals surface area contributed by atoms with E-state index in [9.17, 15) is 0 Å². The van der Waals surface area contributed by atoms with Crippen LogP contribution in [0.15, 0.2) is 66.3 Å². The fourth-order valence-electron chi connectivity index (χ4n) is 1.45. The highest BCUT2D eigenvalue weighted by Crippen LogP contribution is 2.06. The summed E-state index contributed by atoms with van der Waals surface area (Å²) in [4.78, 5) is 5.19. The smallest absolute Gasteiger partial charge is 0.142 e. The lowest BCUT2D eigenvalue weighted by Crippen LogP contribution is -1.88. The van der Waals surface area contributed by atoms with Gasteiger partial charge in [-0.3, -0.25) is 0 Å². The van der Waals surface area contributed by atoms with Crippen molar-refractivity contribution >= 4 is 12.3 Å². The molecule has 2 rings (SSSR count). The van der Waals surface area contributed by atoms with Gasteiger partial charge in [0.2, 0.25) is 0 Å². The maximum atomic E-state index is 5.19. The van der Waals surface area contributed by atoms with Crippen LogP contribution in [0.1, 0.15) is 16.7 Å². The zero-order valence-corrected chi connectivity index (χ0v) is 10.0. The monoisotopic (exact) mass is 236 g/mol. The minimum atomic E-state index is 0.442. The second-order valence-electron chi connectivity index (χ2n) is 3.79. The molecule has 18 heavy (non-hydrogen) atoms. The van der Waals surface area contributed by atoms with Crippen molar-refractivity contribution in [3.05, 3.63) is 77.9 Å². The van der Waals surface area contributed by atoms with Gasteiger partial charge in [0.15, 0.2) is 0 Å². The highest BCUT2D eigenvalue weighted by Gasteiger charge is 1.92. The largest absolute Gasteiger partial charge is 0.390 e. The Balaban J connectivity index is 1.84. The van der Waals surface area contributed by atoms with Crippen LogP contribution in [0.4, 0.5) is 0 Å². The summed E-state index contributed by atoms with van der Waals surface area (Å²) >= 11 is 0. The molecule has 2 nitrogen and oxygen atoms in total. The van der Waals surface area contributed by atoms with Crippen molar-refractivity contribution in [3.8, 4) is 0 Å². The van der Waals surface area contributed by atoms with Crippen LogP contribution in [0.5, 0.6) is 0 Å². The van der Waals surface area contributed by atoms with Gasteiger partial charge < -0.3 is 4.84 Å². The van der Waals surface area contributed by atoms with E-state index in [1.54, 1.807) is 0 Å². The third kappa shape index (κ3) is 3.59. The third-order valence-corrected chi connectivity index (χ3v) is 2.46. The highest BCUT2D eigenvalue weighted by atomic mass is 16.6. The van der Waals surface area contributed by atoms with Gasteiger partial charge in [-0.2, -0.15) is 0 Å². The van der Waals surface area contributed by atoms with Crippen molar-refractivity contribution in [2.75, 3.05) is 0 Å². The highest BCUT2D eigenvalue weighted by molar-refractivity contribution is 5.78. The van der Waals surface area contributed by atoms with Gasteiger partial charge in [0.05, 0.1) is 0 Å². The Hall–Kier alpha value is -2.35. The molecule has 2 aromatic carbocycles. The normalized spacial score (nSPS) is 10.4. The lowest BCUT2D eigenvalue weighted by atomic mass is 10.1. The van der Waals surface area contributed by atoms with Gasteiger partial charge in [0, 0.05) is 5.56 Å². The minimum absolute atomic E-state index is 0.442. The molecule has 89 valence electrons. The molecule has 0 fully saturated rings. The van der Waals surface area contributed by atoms with E-state index in [1.807, 2.05) is 60.7 Å². The van der Waals surface area contributed by atoms with Gasteiger partial charge in [0.1, 0.15) is 12.8 Å². The molecule has 2 aromatic rings. The molecule has 2 heteroatoms. The summed E-state index contributed by atoms with van der Waals surface area (Å²) in [6, 6.07) is 17.7. The predicted molar refractivity (Wildman–Crippen MR) is 74.3 cm³/mol. The van der Waals surface area contributed by atoms with Crippen LogP contribution in [-0.4, -0.2) is 6.21 Å². The third-order valence-electron chi connectivity index (χ3n) is 2.46. The first kappa shape index (κ1) is 12.1. The predicted octanol–water partition coefficient (Wildman–Crippen LogP) is 3.76. The van der Waals surface area contributed by atoms with E-state index in [0.29, 0.717) is 6.61 Å². The lowest BCUT2D eigenvalue weighted by molar-refractivity contribution is 0.132. The van der Waals surface area contributed by atoms with Crippen LogP contribution in [0, 0.1) is 0 Å². The van der Waals surface area contributed by atoms with Crippen LogP contribution in [0.25, 0.3) is 6.08 Å². The van der Waals surface area contributed by atoms with Crippen molar-refractivity contribution in [2.45, 2.75) is 6.61 Å². The molecule has 0 amide bonds. The number of hydrogen-bond acceptors (Lipinski definition) is 2. The Bertz CT molecular complexity index is 515. The van der Waals surface area contributed by atoms with Crippen LogP contribution >= 0.6 is 0 Å². The van der Waals surface area contributed by atoms with Crippen LogP contribution in [-0.2, 0) is 11.4 Å². The summed E-state index contributed by atoms with van der Waals surface area (Å²) in [5.41, 5.74) is 3.07. The number of benzene rings is 2. The van der Waals surface area contributed by atoms with Crippen LogP contribution in [0.3, 0.4) is 0 Å². The van der Waals surface area contributed by atoms with Crippen LogP contribution < -0.4 is 0 Å². The molecule has 0 aliphatic carbocycles. The maximum absolute atomic E-state index is 5.19. The Kier molecular flexibility index (Phi) is 4.31. The fourth-order valence-corrected chi connectivity index (χ4v) is 1.45. The maximum Gasteiger partial charge on any atom is 0.142 e. The molecule has 0 N–H and O–H groups in total. The number of nitrogens with zero attached hydrogens (tertiary/aromatic N) is 1. The average Bonchev–Trinajstić information content (AvgIpc) is 2.45. The molecule has 0 heterocycles. The van der Waals surface area contributed by atoms with E-state index in [0.717, 1.165) is 16.7 Å². The molecular formula is C16H14NO. The van der Waals surface area contributed by atoms with E-state index in [2.05, 4.69) is 17.9 Å². The summed E-state index contributed by atoms with van der Waals surface area (Å²) in [6.45, 7) is 4.15. The SMILES string of the molecule is C=Cc1ccc(CO/N=[C]\c2ccccc2)cc1. The number of rotatable bonds is 5. The minimum Gasteiger partial charge on any atom is -0.390 e. The van der Waals surface area contributed by atoms with Crippen molar-refractivity contribution < 1.29 is 4.84 Å².